The summed E-state index contributed by atoms with van der Waals surface area (Å²) < 4.78 is 10.5. The Hall–Kier alpha value is -1.31. The van der Waals surface area contributed by atoms with E-state index in [0.29, 0.717) is 28.9 Å². The van der Waals surface area contributed by atoms with Gasteiger partial charge in [0, 0.05) is 11.9 Å². The molecule has 0 amide bonds. The van der Waals surface area contributed by atoms with Gasteiger partial charge in [-0.3, -0.25) is 0 Å². The monoisotopic (exact) mass is 406 g/mol. The molecule has 0 aliphatic rings. The molecule has 120 valence electrons. The van der Waals surface area contributed by atoms with E-state index in [1.807, 2.05) is 0 Å². The summed E-state index contributed by atoms with van der Waals surface area (Å²) in [5.41, 5.74) is 4.85. The first kappa shape index (κ1) is 18.7. The molecule has 1 aromatic heterocycles. The smallest absolute Gasteiger partial charge is 0.346 e. The van der Waals surface area contributed by atoms with Crippen molar-refractivity contribution < 1.29 is 9.15 Å². The van der Waals surface area contributed by atoms with E-state index in [-0.39, 0.29) is 28.0 Å². The van der Waals surface area contributed by atoms with E-state index in [4.69, 9.17) is 38.7 Å². The number of hydrogen-bond donors (Lipinski definition) is 2. The van der Waals surface area contributed by atoms with E-state index >= 15 is 0 Å². The maximum absolute atomic E-state index is 11.8. The molecular formula is C14H16BrClN2O3S. The van der Waals surface area contributed by atoms with Crippen LogP contribution in [0.25, 0.3) is 10.8 Å². The average Bonchev–Trinajstić information content (AvgIpc) is 2.47. The molecule has 0 saturated heterocycles. The predicted octanol–water partition coefficient (Wildman–Crippen LogP) is 3.02. The zero-order valence-corrected chi connectivity index (χ0v) is 14.9. The Labute approximate surface area is 148 Å². The highest BCUT2D eigenvalue weighted by molar-refractivity contribution is 8.93. The molecule has 0 saturated carbocycles. The van der Waals surface area contributed by atoms with Crippen LogP contribution in [0.1, 0.15) is 12.8 Å². The zero-order valence-electron chi connectivity index (χ0n) is 11.6. The third-order valence-electron chi connectivity index (χ3n) is 2.85. The third-order valence-corrected chi connectivity index (χ3v) is 3.35. The van der Waals surface area contributed by atoms with Gasteiger partial charge in [-0.15, -0.1) is 17.0 Å². The van der Waals surface area contributed by atoms with Crippen molar-refractivity contribution in [1.29, 1.82) is 0 Å². The van der Waals surface area contributed by atoms with E-state index in [2.05, 4.69) is 5.32 Å². The zero-order chi connectivity index (χ0) is 15.2. The average molecular weight is 408 g/mol. The minimum absolute atomic E-state index is 0. The largest absolute Gasteiger partial charge is 0.464 e. The summed E-state index contributed by atoms with van der Waals surface area (Å²) >= 11 is 10.9. The Kier molecular flexibility index (Phi) is 7.64. The van der Waals surface area contributed by atoms with Crippen molar-refractivity contribution in [1.82, 2.24) is 5.32 Å². The topological polar surface area (TPSA) is 77.5 Å². The molecule has 5 nitrogen and oxygen atoms in total. The number of fused-ring (bicyclic) bond motifs is 1. The molecule has 0 aliphatic carbocycles. The first-order chi connectivity index (χ1) is 10.1. The van der Waals surface area contributed by atoms with Crippen LogP contribution in [0.3, 0.4) is 0 Å². The van der Waals surface area contributed by atoms with E-state index in [9.17, 15) is 4.79 Å². The number of thiocarbonyl (C=S) groups is 1. The maximum Gasteiger partial charge on any atom is 0.346 e. The molecule has 0 atom stereocenters. The SMILES string of the molecule is Br.NC(=S)NCCCCOc1oc(=O)c2ccccc2c1Cl. The highest BCUT2D eigenvalue weighted by Crippen LogP contribution is 2.30. The number of halogens is 2. The van der Waals surface area contributed by atoms with Crippen LogP contribution < -0.4 is 21.4 Å². The van der Waals surface area contributed by atoms with Gasteiger partial charge in [0.15, 0.2) is 5.11 Å². The minimum atomic E-state index is -0.458. The Morgan fingerprint density at radius 3 is 2.68 bits per heavy atom. The van der Waals surface area contributed by atoms with Crippen molar-refractivity contribution >= 4 is 56.7 Å². The molecule has 2 aromatic rings. The first-order valence-corrected chi connectivity index (χ1v) is 7.25. The van der Waals surface area contributed by atoms with Crippen molar-refractivity contribution in [2.45, 2.75) is 12.8 Å². The van der Waals surface area contributed by atoms with Crippen LogP contribution in [0.15, 0.2) is 33.5 Å². The van der Waals surface area contributed by atoms with Crippen LogP contribution in [0.5, 0.6) is 5.95 Å². The molecule has 8 heteroatoms. The molecule has 22 heavy (non-hydrogen) atoms. The Morgan fingerprint density at radius 1 is 1.32 bits per heavy atom. The summed E-state index contributed by atoms with van der Waals surface area (Å²) in [5.74, 6) is 0.0580. The van der Waals surface area contributed by atoms with Crippen molar-refractivity contribution in [2.24, 2.45) is 5.73 Å². The van der Waals surface area contributed by atoms with Gasteiger partial charge >= 0.3 is 11.6 Å². The summed E-state index contributed by atoms with van der Waals surface area (Å²) in [7, 11) is 0. The molecule has 0 aliphatic heterocycles. The minimum Gasteiger partial charge on any atom is -0.464 e. The normalized spacial score (nSPS) is 10.0. The van der Waals surface area contributed by atoms with Gasteiger partial charge in [-0.05, 0) is 31.1 Å². The fraction of sp³-hybridized carbons (Fsp3) is 0.286. The third kappa shape index (κ3) is 4.86. The molecule has 0 spiro atoms. The highest BCUT2D eigenvalue weighted by atomic mass is 79.9. The summed E-state index contributed by atoms with van der Waals surface area (Å²) in [5, 5.41) is 4.50. The van der Waals surface area contributed by atoms with Gasteiger partial charge in [0.25, 0.3) is 0 Å². The summed E-state index contributed by atoms with van der Waals surface area (Å²) in [6, 6.07) is 6.98. The second-order valence-electron chi connectivity index (χ2n) is 4.38. The van der Waals surface area contributed by atoms with Crippen LogP contribution in [-0.2, 0) is 0 Å². The van der Waals surface area contributed by atoms with Gasteiger partial charge in [0.1, 0.15) is 5.02 Å². The van der Waals surface area contributed by atoms with E-state index < -0.39 is 5.63 Å². The van der Waals surface area contributed by atoms with E-state index in [0.717, 1.165) is 12.8 Å². The van der Waals surface area contributed by atoms with Crippen molar-refractivity contribution in [3.8, 4) is 5.95 Å². The first-order valence-electron chi connectivity index (χ1n) is 6.47. The van der Waals surface area contributed by atoms with Crippen LogP contribution >= 0.6 is 40.8 Å². The Balaban J connectivity index is 0.00000242. The molecule has 3 N–H and O–H groups in total. The molecule has 2 rings (SSSR count). The molecule has 1 aromatic carbocycles. The number of unbranched alkanes of at least 4 members (excludes halogenated alkanes) is 1. The molecule has 0 bridgehead atoms. The summed E-state index contributed by atoms with van der Waals surface area (Å²) in [4.78, 5) is 11.8. The van der Waals surface area contributed by atoms with Crippen LogP contribution in [0, 0.1) is 0 Å². The number of nitrogens with one attached hydrogen (secondary N) is 1. The van der Waals surface area contributed by atoms with Gasteiger partial charge in [-0.2, -0.15) is 0 Å². The number of benzene rings is 1. The number of rotatable bonds is 6. The van der Waals surface area contributed by atoms with Crippen LogP contribution in [-0.4, -0.2) is 18.3 Å². The molecular weight excluding hydrogens is 392 g/mol. The molecule has 0 unspecified atom stereocenters. The summed E-state index contributed by atoms with van der Waals surface area (Å²) in [6.07, 6.45) is 1.58. The van der Waals surface area contributed by atoms with Gasteiger partial charge in [-0.1, -0.05) is 29.8 Å². The Bertz CT molecular complexity index is 708. The number of nitrogens with two attached hydrogens (primary N) is 1. The number of hydrogen-bond acceptors (Lipinski definition) is 4. The lowest BCUT2D eigenvalue weighted by Gasteiger charge is -2.08. The van der Waals surface area contributed by atoms with Gasteiger partial charge < -0.3 is 20.2 Å². The summed E-state index contributed by atoms with van der Waals surface area (Å²) in [6.45, 7) is 1.06. The van der Waals surface area contributed by atoms with Gasteiger partial charge in [0.2, 0.25) is 0 Å². The maximum atomic E-state index is 11.8. The Morgan fingerprint density at radius 2 is 2.00 bits per heavy atom. The van der Waals surface area contributed by atoms with Crippen molar-refractivity contribution in [2.75, 3.05) is 13.2 Å². The molecule has 0 fully saturated rings. The second-order valence-corrected chi connectivity index (χ2v) is 5.20. The fourth-order valence-corrected chi connectivity index (χ4v) is 2.20. The van der Waals surface area contributed by atoms with Crippen molar-refractivity contribution in [3.63, 3.8) is 0 Å². The fourth-order valence-electron chi connectivity index (χ4n) is 1.84. The van der Waals surface area contributed by atoms with E-state index in [1.54, 1.807) is 24.3 Å². The lowest BCUT2D eigenvalue weighted by atomic mass is 10.2. The lowest BCUT2D eigenvalue weighted by molar-refractivity contribution is 0.227. The second kappa shape index (κ2) is 8.97. The number of ether oxygens (including phenoxy) is 1. The van der Waals surface area contributed by atoms with Gasteiger partial charge in [0.05, 0.1) is 12.0 Å². The quantitative estimate of drug-likeness (QED) is 0.566. The standard InChI is InChI=1S/C14H15ClN2O3S.BrH/c15-11-9-5-1-2-6-10(9)12(18)20-13(11)19-8-4-3-7-17-14(16)21;/h1-2,5-6H,3-4,7-8H2,(H3,16,17,21);1H. The van der Waals surface area contributed by atoms with Crippen LogP contribution in [0.2, 0.25) is 5.02 Å². The van der Waals surface area contributed by atoms with Gasteiger partial charge in [-0.25, -0.2) is 4.79 Å². The molecule has 1 heterocycles. The lowest BCUT2D eigenvalue weighted by Crippen LogP contribution is -2.29. The predicted molar refractivity (Wildman–Crippen MR) is 97.3 cm³/mol. The molecule has 0 radical (unpaired) electrons. The van der Waals surface area contributed by atoms with Crippen molar-refractivity contribution in [3.05, 3.63) is 39.7 Å². The van der Waals surface area contributed by atoms with E-state index in [1.165, 1.54) is 0 Å². The van der Waals surface area contributed by atoms with Crippen LogP contribution in [0.4, 0.5) is 0 Å². The highest BCUT2D eigenvalue weighted by Gasteiger charge is 2.12.